The number of hydrogen-bond acceptors (Lipinski definition) is 3. The van der Waals surface area contributed by atoms with Gasteiger partial charge in [0.1, 0.15) is 0 Å². The zero-order chi connectivity index (χ0) is 15.9. The van der Waals surface area contributed by atoms with Gasteiger partial charge in [-0.3, -0.25) is 9.59 Å². The predicted molar refractivity (Wildman–Crippen MR) is 80.6 cm³/mol. The highest BCUT2D eigenvalue weighted by molar-refractivity contribution is 6.24. The number of anilines is 1. The van der Waals surface area contributed by atoms with Crippen LogP contribution in [0.4, 0.5) is 5.69 Å². The number of para-hydroxylation sites is 1. The molecule has 5 nitrogen and oxygen atoms in total. The molecule has 1 aromatic rings. The highest BCUT2D eigenvalue weighted by atomic mass is 16.4. The molecule has 116 valence electrons. The maximum atomic E-state index is 13.0. The fourth-order valence-corrected chi connectivity index (χ4v) is 5.04. The van der Waals surface area contributed by atoms with Gasteiger partial charge in [0.05, 0.1) is 23.1 Å². The fourth-order valence-electron chi connectivity index (χ4n) is 5.04. The van der Waals surface area contributed by atoms with Crippen LogP contribution in [0.1, 0.15) is 16.8 Å². The van der Waals surface area contributed by atoms with Crippen molar-refractivity contribution in [1.82, 2.24) is 0 Å². The van der Waals surface area contributed by atoms with Crippen LogP contribution in [0.2, 0.25) is 0 Å². The topological polar surface area (TPSA) is 74.7 Å². The smallest absolute Gasteiger partial charge is 0.337 e. The third-order valence-corrected chi connectivity index (χ3v) is 6.04. The Morgan fingerprint density at radius 3 is 2.13 bits per heavy atom. The molecular formula is C18H15NO4. The number of imide groups is 1. The van der Waals surface area contributed by atoms with E-state index in [1.807, 2.05) is 0 Å². The summed E-state index contributed by atoms with van der Waals surface area (Å²) < 4.78 is 0. The van der Waals surface area contributed by atoms with Crippen LogP contribution in [0.3, 0.4) is 0 Å². The Kier molecular flexibility index (Phi) is 2.33. The van der Waals surface area contributed by atoms with E-state index in [9.17, 15) is 19.5 Å². The van der Waals surface area contributed by atoms with Crippen molar-refractivity contribution in [2.75, 3.05) is 4.90 Å². The Hall–Kier alpha value is -2.43. The number of benzene rings is 1. The summed E-state index contributed by atoms with van der Waals surface area (Å²) in [5.74, 6) is -0.805. The molecule has 1 aromatic carbocycles. The maximum absolute atomic E-state index is 13.0. The second-order valence-corrected chi connectivity index (χ2v) is 6.99. The van der Waals surface area contributed by atoms with Crippen LogP contribution in [0.15, 0.2) is 36.4 Å². The third kappa shape index (κ3) is 1.49. The number of carbonyl (C=O) groups is 3. The number of nitrogens with zero attached hydrogens (tertiary/aromatic N) is 1. The van der Waals surface area contributed by atoms with Gasteiger partial charge in [-0.2, -0.15) is 0 Å². The highest BCUT2D eigenvalue weighted by Gasteiger charge is 2.67. The SMILES string of the molecule is O=C(O)c1ccccc1N1C(=O)[C@@H]2[C@H]3C=C[C@@H]([C@@H]4C[C@@H]34)[C@H]2C1=O. The fraction of sp³-hybridized carbons (Fsp3) is 0.389. The van der Waals surface area contributed by atoms with Crippen LogP contribution >= 0.6 is 0 Å². The molecule has 0 aromatic heterocycles. The molecule has 0 radical (unpaired) electrons. The summed E-state index contributed by atoms with van der Waals surface area (Å²) in [6.07, 6.45) is 5.33. The molecule has 5 heteroatoms. The number of carboxylic acid groups (broad SMARTS) is 1. The minimum atomic E-state index is -1.12. The average Bonchev–Trinajstić information content (AvgIpc) is 3.32. The Morgan fingerprint density at radius 2 is 1.57 bits per heavy atom. The van der Waals surface area contributed by atoms with E-state index in [2.05, 4.69) is 12.2 Å². The Labute approximate surface area is 132 Å². The molecule has 5 aliphatic rings. The summed E-state index contributed by atoms with van der Waals surface area (Å²) >= 11 is 0. The minimum absolute atomic E-state index is 0.00156. The number of aromatic carboxylic acids is 1. The van der Waals surface area contributed by atoms with Gasteiger partial charge in [0.25, 0.3) is 0 Å². The molecule has 23 heavy (non-hydrogen) atoms. The van der Waals surface area contributed by atoms with Crippen molar-refractivity contribution in [1.29, 1.82) is 0 Å². The number of carbonyl (C=O) groups excluding carboxylic acids is 2. The van der Waals surface area contributed by atoms with Crippen molar-refractivity contribution in [3.05, 3.63) is 42.0 Å². The Bertz CT molecular complexity index is 762. The Morgan fingerprint density at radius 1 is 1.00 bits per heavy atom. The van der Waals surface area contributed by atoms with Crippen LogP contribution in [0.5, 0.6) is 0 Å². The summed E-state index contributed by atoms with van der Waals surface area (Å²) in [5, 5.41) is 9.36. The summed E-state index contributed by atoms with van der Waals surface area (Å²) in [5.41, 5.74) is 0.204. The lowest BCUT2D eigenvalue weighted by Gasteiger charge is -2.37. The van der Waals surface area contributed by atoms with E-state index in [-0.39, 0.29) is 46.7 Å². The third-order valence-electron chi connectivity index (χ3n) is 6.04. The second kappa shape index (κ2) is 4.10. The molecule has 0 spiro atoms. The standard InChI is InChI=1S/C18H15NO4/c20-16-14-8-5-6-9(12-7-11(8)12)15(14)17(21)19(16)13-4-2-1-3-10(13)18(22)23/h1-6,8-9,11-12,14-15H,7H2,(H,22,23)/t8-,9-,11-,12-,14+,15+/m0/s1. The zero-order valence-electron chi connectivity index (χ0n) is 12.3. The van der Waals surface area contributed by atoms with Gasteiger partial charge in [0.2, 0.25) is 11.8 Å². The monoisotopic (exact) mass is 309 g/mol. The van der Waals surface area contributed by atoms with Crippen LogP contribution in [-0.4, -0.2) is 22.9 Å². The summed E-state index contributed by atoms with van der Waals surface area (Å²) in [6.45, 7) is 0. The van der Waals surface area contributed by atoms with Gasteiger partial charge in [-0.1, -0.05) is 24.3 Å². The van der Waals surface area contributed by atoms with Crippen molar-refractivity contribution in [3.63, 3.8) is 0 Å². The maximum Gasteiger partial charge on any atom is 0.337 e. The van der Waals surface area contributed by atoms with Gasteiger partial charge in [-0.15, -0.1) is 0 Å². The van der Waals surface area contributed by atoms with E-state index >= 15 is 0 Å². The van der Waals surface area contributed by atoms with Crippen molar-refractivity contribution in [3.8, 4) is 0 Å². The molecule has 3 fully saturated rings. The van der Waals surface area contributed by atoms with Gasteiger partial charge in [0, 0.05) is 0 Å². The molecule has 1 saturated heterocycles. The molecule has 2 bridgehead atoms. The lowest BCUT2D eigenvalue weighted by Crippen LogP contribution is -2.40. The first kappa shape index (κ1) is 13.0. The van der Waals surface area contributed by atoms with Crippen LogP contribution < -0.4 is 4.90 Å². The van der Waals surface area contributed by atoms with Gasteiger partial charge in [0.15, 0.2) is 0 Å². The van der Waals surface area contributed by atoms with Crippen LogP contribution in [0.25, 0.3) is 0 Å². The van der Waals surface area contributed by atoms with Crippen LogP contribution in [-0.2, 0) is 9.59 Å². The molecule has 1 heterocycles. The van der Waals surface area contributed by atoms with E-state index in [1.54, 1.807) is 18.2 Å². The van der Waals surface area contributed by atoms with E-state index in [4.69, 9.17) is 0 Å². The van der Waals surface area contributed by atoms with Crippen molar-refractivity contribution in [2.24, 2.45) is 35.5 Å². The predicted octanol–water partition coefficient (Wildman–Crippen LogP) is 1.94. The van der Waals surface area contributed by atoms with E-state index in [0.717, 1.165) is 11.3 Å². The van der Waals surface area contributed by atoms with Crippen molar-refractivity contribution >= 4 is 23.5 Å². The van der Waals surface area contributed by atoms with E-state index < -0.39 is 5.97 Å². The number of amides is 2. The summed E-state index contributed by atoms with van der Waals surface area (Å²) in [7, 11) is 0. The first-order valence-corrected chi connectivity index (χ1v) is 7.98. The lowest BCUT2D eigenvalue weighted by molar-refractivity contribution is -0.124. The zero-order valence-corrected chi connectivity index (χ0v) is 12.3. The van der Waals surface area contributed by atoms with Gasteiger partial charge < -0.3 is 5.11 Å². The minimum Gasteiger partial charge on any atom is -0.478 e. The quantitative estimate of drug-likeness (QED) is 0.669. The van der Waals surface area contributed by atoms with Crippen molar-refractivity contribution < 1.29 is 19.5 Å². The molecule has 4 aliphatic carbocycles. The molecule has 1 aliphatic heterocycles. The molecule has 2 saturated carbocycles. The van der Waals surface area contributed by atoms with Crippen LogP contribution in [0, 0.1) is 35.5 Å². The molecule has 1 N–H and O–H groups in total. The number of hydrogen-bond donors (Lipinski definition) is 1. The highest BCUT2D eigenvalue weighted by Crippen LogP contribution is 2.65. The van der Waals surface area contributed by atoms with Gasteiger partial charge in [-0.25, -0.2) is 9.69 Å². The molecule has 6 rings (SSSR count). The average molecular weight is 309 g/mol. The molecule has 2 amide bonds. The lowest BCUT2D eigenvalue weighted by atomic mass is 9.63. The van der Waals surface area contributed by atoms with Gasteiger partial charge >= 0.3 is 5.97 Å². The normalized spacial score (nSPS) is 39.4. The first-order chi connectivity index (χ1) is 11.1. The number of carboxylic acids is 1. The molecule has 0 unspecified atom stereocenters. The second-order valence-electron chi connectivity index (χ2n) is 6.99. The van der Waals surface area contributed by atoms with Gasteiger partial charge in [-0.05, 0) is 42.2 Å². The number of rotatable bonds is 2. The van der Waals surface area contributed by atoms with Crippen molar-refractivity contribution in [2.45, 2.75) is 6.42 Å². The summed E-state index contributed by atoms with van der Waals surface area (Å²) in [4.78, 5) is 38.5. The molecule has 6 atom stereocenters. The van der Waals surface area contributed by atoms with E-state index in [0.29, 0.717) is 11.8 Å². The van der Waals surface area contributed by atoms with E-state index in [1.165, 1.54) is 6.07 Å². The number of allylic oxidation sites excluding steroid dienone is 2. The largest absolute Gasteiger partial charge is 0.478 e. The Balaban J connectivity index is 1.61. The first-order valence-electron chi connectivity index (χ1n) is 7.98. The summed E-state index contributed by atoms with van der Waals surface area (Å²) in [6, 6.07) is 6.25. The molecular weight excluding hydrogens is 294 g/mol.